The van der Waals surface area contributed by atoms with Crippen molar-refractivity contribution in [3.63, 3.8) is 0 Å². The summed E-state index contributed by atoms with van der Waals surface area (Å²) in [5.41, 5.74) is 6.80. The van der Waals surface area contributed by atoms with E-state index >= 15 is 0 Å². The molecule has 1 atom stereocenters. The lowest BCUT2D eigenvalue weighted by atomic mass is 9.99. The average Bonchev–Trinajstić information content (AvgIpc) is 2.34. The monoisotopic (exact) mass is 311 g/mol. The van der Waals surface area contributed by atoms with E-state index in [0.717, 1.165) is 4.47 Å². The molecule has 1 nitrogen and oxygen atoms in total. The molecule has 0 aliphatic heterocycles. The van der Waals surface area contributed by atoms with Gasteiger partial charge in [0.25, 0.3) is 0 Å². The summed E-state index contributed by atoms with van der Waals surface area (Å²) in [7, 11) is 0. The van der Waals surface area contributed by atoms with Crippen molar-refractivity contribution in [2.75, 3.05) is 0 Å². The van der Waals surface area contributed by atoms with Crippen LogP contribution in [0, 0.1) is 11.6 Å². The summed E-state index contributed by atoms with van der Waals surface area (Å²) < 4.78 is 27.9. The van der Waals surface area contributed by atoms with E-state index in [1.807, 2.05) is 0 Å². The van der Waals surface area contributed by atoms with Crippen molar-refractivity contribution in [3.8, 4) is 0 Å². The highest BCUT2D eigenvalue weighted by atomic mass is 79.9. The maximum absolute atomic E-state index is 13.6. The van der Waals surface area contributed by atoms with Crippen molar-refractivity contribution < 1.29 is 8.78 Å². The molecule has 2 rings (SSSR count). The molecule has 1 unspecified atom stereocenters. The minimum Gasteiger partial charge on any atom is -0.324 e. The van der Waals surface area contributed by atoms with Crippen LogP contribution in [0.25, 0.3) is 0 Å². The first-order valence-corrected chi connectivity index (χ1v) is 6.31. The van der Waals surface area contributed by atoms with Crippen molar-refractivity contribution >= 4 is 15.9 Å². The number of rotatable bonds is 3. The molecule has 2 aromatic rings. The van der Waals surface area contributed by atoms with Crippen molar-refractivity contribution in [3.05, 3.63) is 69.7 Å². The van der Waals surface area contributed by atoms with Gasteiger partial charge in [0.1, 0.15) is 11.6 Å². The van der Waals surface area contributed by atoms with Crippen LogP contribution < -0.4 is 5.73 Å². The van der Waals surface area contributed by atoms with Crippen LogP contribution in [0.5, 0.6) is 0 Å². The molecule has 4 heteroatoms. The number of nitrogens with two attached hydrogens (primary N) is 1. The third-order valence-corrected chi connectivity index (χ3v) is 3.25. The molecule has 0 aromatic heterocycles. The summed E-state index contributed by atoms with van der Waals surface area (Å²) in [6, 6.07) is 10.4. The van der Waals surface area contributed by atoms with Gasteiger partial charge >= 0.3 is 0 Å². The fourth-order valence-corrected chi connectivity index (χ4v) is 2.23. The minimum absolute atomic E-state index is 0.256. The minimum atomic E-state index is -0.560. The second-order valence-electron chi connectivity index (χ2n) is 4.07. The Bertz CT molecular complexity index is 557. The van der Waals surface area contributed by atoms with Gasteiger partial charge < -0.3 is 5.73 Å². The zero-order valence-corrected chi connectivity index (χ0v) is 11.1. The first kappa shape index (κ1) is 13.2. The van der Waals surface area contributed by atoms with Crippen LogP contribution in [0.4, 0.5) is 8.78 Å². The molecular formula is C14H12BrF2N. The van der Waals surface area contributed by atoms with E-state index in [2.05, 4.69) is 15.9 Å². The van der Waals surface area contributed by atoms with Crippen LogP contribution in [-0.2, 0) is 6.42 Å². The molecule has 2 N–H and O–H groups in total. The van der Waals surface area contributed by atoms with Crippen LogP contribution in [0.2, 0.25) is 0 Å². The molecule has 2 aromatic carbocycles. The highest BCUT2D eigenvalue weighted by Gasteiger charge is 2.13. The summed E-state index contributed by atoms with van der Waals surface area (Å²) >= 11 is 3.28. The maximum atomic E-state index is 13.6. The predicted octanol–water partition coefficient (Wildman–Crippen LogP) is 3.97. The van der Waals surface area contributed by atoms with Gasteiger partial charge in [-0.1, -0.05) is 34.1 Å². The lowest BCUT2D eigenvalue weighted by Crippen LogP contribution is -2.15. The molecule has 0 amide bonds. The van der Waals surface area contributed by atoms with E-state index in [-0.39, 0.29) is 18.1 Å². The summed E-state index contributed by atoms with van der Waals surface area (Å²) in [6.45, 7) is 0. The first-order chi connectivity index (χ1) is 8.58. The van der Waals surface area contributed by atoms with Gasteiger partial charge in [0.15, 0.2) is 0 Å². The van der Waals surface area contributed by atoms with Gasteiger partial charge in [-0.2, -0.15) is 0 Å². The smallest absolute Gasteiger partial charge is 0.127 e. The zero-order chi connectivity index (χ0) is 13.1. The molecule has 0 bridgehead atoms. The highest BCUT2D eigenvalue weighted by Crippen LogP contribution is 2.22. The van der Waals surface area contributed by atoms with Crippen molar-refractivity contribution in [1.82, 2.24) is 0 Å². The molecule has 0 saturated heterocycles. The summed E-state index contributed by atoms with van der Waals surface area (Å²) in [5.74, 6) is -0.689. The van der Waals surface area contributed by atoms with E-state index in [9.17, 15) is 8.78 Å². The lowest BCUT2D eigenvalue weighted by Gasteiger charge is -2.13. The molecule has 18 heavy (non-hydrogen) atoms. The topological polar surface area (TPSA) is 26.0 Å². The summed E-state index contributed by atoms with van der Waals surface area (Å²) in [5, 5.41) is 0. The number of hydrogen-bond acceptors (Lipinski definition) is 1. The first-order valence-electron chi connectivity index (χ1n) is 5.52. The van der Waals surface area contributed by atoms with E-state index in [4.69, 9.17) is 5.73 Å². The van der Waals surface area contributed by atoms with Crippen molar-refractivity contribution in [2.45, 2.75) is 12.5 Å². The van der Waals surface area contributed by atoms with Crippen LogP contribution in [0.3, 0.4) is 0 Å². The van der Waals surface area contributed by atoms with Gasteiger partial charge in [0.05, 0.1) is 0 Å². The van der Waals surface area contributed by atoms with Gasteiger partial charge in [0.2, 0.25) is 0 Å². The van der Waals surface area contributed by atoms with E-state index < -0.39 is 6.04 Å². The highest BCUT2D eigenvalue weighted by molar-refractivity contribution is 9.10. The second-order valence-corrected chi connectivity index (χ2v) is 4.98. The Labute approximate surface area is 113 Å². The Morgan fingerprint density at radius 2 is 1.78 bits per heavy atom. The molecule has 0 aliphatic rings. The number of hydrogen-bond donors (Lipinski definition) is 1. The fraction of sp³-hybridized carbons (Fsp3) is 0.143. The van der Waals surface area contributed by atoms with Crippen LogP contribution in [-0.4, -0.2) is 0 Å². The van der Waals surface area contributed by atoms with E-state index in [1.165, 1.54) is 12.1 Å². The predicted molar refractivity (Wildman–Crippen MR) is 71.1 cm³/mol. The summed E-state index contributed by atoms with van der Waals surface area (Å²) in [4.78, 5) is 0. The molecular weight excluding hydrogens is 300 g/mol. The Morgan fingerprint density at radius 3 is 2.50 bits per heavy atom. The van der Waals surface area contributed by atoms with Crippen LogP contribution >= 0.6 is 15.9 Å². The van der Waals surface area contributed by atoms with Gasteiger partial charge in [-0.15, -0.1) is 0 Å². The van der Waals surface area contributed by atoms with E-state index in [0.29, 0.717) is 11.1 Å². The third-order valence-electron chi connectivity index (χ3n) is 2.75. The Hall–Kier alpha value is -1.26. The van der Waals surface area contributed by atoms with E-state index in [1.54, 1.807) is 30.3 Å². The number of halogens is 3. The number of benzene rings is 2. The lowest BCUT2D eigenvalue weighted by molar-refractivity contribution is 0.563. The second kappa shape index (κ2) is 5.59. The van der Waals surface area contributed by atoms with Crippen molar-refractivity contribution in [2.24, 2.45) is 5.73 Å². The molecule has 0 saturated carbocycles. The SMILES string of the molecule is NC(Cc1cc(Br)ccc1F)c1ccccc1F. The molecule has 0 fully saturated rings. The van der Waals surface area contributed by atoms with Gasteiger partial charge in [-0.05, 0) is 36.2 Å². The molecule has 0 spiro atoms. The standard InChI is InChI=1S/C14H12BrF2N/c15-10-5-6-12(16)9(7-10)8-14(18)11-3-1-2-4-13(11)17/h1-7,14H,8,18H2. The molecule has 0 radical (unpaired) electrons. The van der Waals surface area contributed by atoms with Crippen LogP contribution in [0.15, 0.2) is 46.9 Å². The molecule has 94 valence electrons. The summed E-state index contributed by atoms with van der Waals surface area (Å²) in [6.07, 6.45) is 0.256. The molecule has 0 heterocycles. The van der Waals surface area contributed by atoms with Gasteiger partial charge in [0, 0.05) is 16.1 Å². The Balaban J connectivity index is 2.24. The average molecular weight is 312 g/mol. The van der Waals surface area contributed by atoms with Gasteiger partial charge in [-0.25, -0.2) is 8.78 Å². The van der Waals surface area contributed by atoms with Gasteiger partial charge in [-0.3, -0.25) is 0 Å². The quantitative estimate of drug-likeness (QED) is 0.912. The Kier molecular flexibility index (Phi) is 4.09. The van der Waals surface area contributed by atoms with Crippen molar-refractivity contribution in [1.29, 1.82) is 0 Å². The largest absolute Gasteiger partial charge is 0.324 e. The Morgan fingerprint density at radius 1 is 1.06 bits per heavy atom. The zero-order valence-electron chi connectivity index (χ0n) is 9.54. The normalized spacial score (nSPS) is 12.4. The fourth-order valence-electron chi connectivity index (χ4n) is 1.82. The van der Waals surface area contributed by atoms with Crippen LogP contribution in [0.1, 0.15) is 17.2 Å². The molecule has 0 aliphatic carbocycles. The maximum Gasteiger partial charge on any atom is 0.127 e. The third kappa shape index (κ3) is 2.94.